The lowest BCUT2D eigenvalue weighted by molar-refractivity contribution is 0.151. The smallest absolute Gasteiger partial charge is 0.0847 e. The topological polar surface area (TPSA) is 37.6 Å². The second-order valence-electron chi connectivity index (χ2n) is 6.44. The monoisotopic (exact) mass is 238 g/mol. The van der Waals surface area contributed by atoms with Crippen molar-refractivity contribution in [1.82, 2.24) is 0 Å². The Hall–Kier alpha value is -0.120. The van der Waals surface area contributed by atoms with Crippen LogP contribution in [0.3, 0.4) is 0 Å². The van der Waals surface area contributed by atoms with Crippen LogP contribution in [0.2, 0.25) is 0 Å². The Labute approximate surface area is 103 Å². The molecule has 0 bridgehead atoms. The number of hydrogen-bond donors (Lipinski definition) is 0. The molecular formula is C14H22O3. The average Bonchev–Trinajstić information content (AvgIpc) is 3.22. The van der Waals surface area contributed by atoms with Gasteiger partial charge in [0.25, 0.3) is 0 Å². The summed E-state index contributed by atoms with van der Waals surface area (Å²) in [7, 11) is 0. The van der Waals surface area contributed by atoms with Crippen LogP contribution in [0.4, 0.5) is 0 Å². The van der Waals surface area contributed by atoms with E-state index in [4.69, 9.17) is 14.2 Å². The molecule has 1 aliphatic carbocycles. The highest BCUT2D eigenvalue weighted by Gasteiger charge is 2.50. The highest BCUT2D eigenvalue weighted by molar-refractivity contribution is 4.99. The molecule has 0 aromatic carbocycles. The molecule has 0 aromatic rings. The molecule has 17 heavy (non-hydrogen) atoms. The Morgan fingerprint density at radius 3 is 2.12 bits per heavy atom. The van der Waals surface area contributed by atoms with E-state index in [-0.39, 0.29) is 0 Å². The summed E-state index contributed by atoms with van der Waals surface area (Å²) in [6, 6.07) is 0. The van der Waals surface area contributed by atoms with Gasteiger partial charge in [0.05, 0.1) is 37.6 Å². The summed E-state index contributed by atoms with van der Waals surface area (Å²) < 4.78 is 16.4. The van der Waals surface area contributed by atoms with Crippen molar-refractivity contribution in [3.05, 3.63) is 0 Å². The normalized spacial score (nSPS) is 50.8. The molecule has 3 aliphatic heterocycles. The molecule has 96 valence electrons. The second-order valence-corrected chi connectivity index (χ2v) is 6.44. The minimum atomic E-state index is 0.551. The predicted molar refractivity (Wildman–Crippen MR) is 62.9 cm³/mol. The lowest BCUT2D eigenvalue weighted by Gasteiger charge is -2.36. The van der Waals surface area contributed by atoms with Gasteiger partial charge in [0, 0.05) is 0 Å². The van der Waals surface area contributed by atoms with Crippen LogP contribution in [0.1, 0.15) is 44.9 Å². The van der Waals surface area contributed by atoms with Crippen molar-refractivity contribution in [3.63, 3.8) is 0 Å². The van der Waals surface area contributed by atoms with Gasteiger partial charge in [0.1, 0.15) is 0 Å². The van der Waals surface area contributed by atoms with E-state index in [0.29, 0.717) is 29.8 Å². The van der Waals surface area contributed by atoms with E-state index in [1.807, 2.05) is 0 Å². The fraction of sp³-hybridized carbons (Fsp3) is 1.00. The Balaban J connectivity index is 1.36. The van der Waals surface area contributed by atoms with Crippen LogP contribution in [0.5, 0.6) is 0 Å². The molecule has 0 N–H and O–H groups in total. The predicted octanol–water partition coefficient (Wildman–Crippen LogP) is 2.28. The molecule has 3 heterocycles. The Morgan fingerprint density at radius 2 is 1.59 bits per heavy atom. The molecule has 3 saturated heterocycles. The highest BCUT2D eigenvalue weighted by Crippen LogP contribution is 2.52. The summed E-state index contributed by atoms with van der Waals surface area (Å²) in [4.78, 5) is 0. The first-order chi connectivity index (χ1) is 8.33. The molecule has 0 spiro atoms. The summed E-state index contributed by atoms with van der Waals surface area (Å²) in [6.45, 7) is 2.01. The summed E-state index contributed by atoms with van der Waals surface area (Å²) in [6.07, 6.45) is 11.6. The van der Waals surface area contributed by atoms with E-state index in [1.165, 1.54) is 44.9 Å². The number of ether oxygens (including phenoxy) is 3. The van der Waals surface area contributed by atoms with Crippen LogP contribution in [0.15, 0.2) is 0 Å². The minimum Gasteiger partial charge on any atom is -0.373 e. The summed E-state index contributed by atoms with van der Waals surface area (Å²) in [5.41, 5.74) is 0.551. The average molecular weight is 238 g/mol. The van der Waals surface area contributed by atoms with Gasteiger partial charge in [0.2, 0.25) is 0 Å². The minimum absolute atomic E-state index is 0.551. The van der Waals surface area contributed by atoms with E-state index in [1.54, 1.807) is 0 Å². The maximum Gasteiger partial charge on any atom is 0.0847 e. The van der Waals surface area contributed by atoms with Gasteiger partial charge in [-0.15, -0.1) is 0 Å². The van der Waals surface area contributed by atoms with Crippen LogP contribution in [-0.4, -0.2) is 37.6 Å². The van der Waals surface area contributed by atoms with E-state index in [0.717, 1.165) is 13.2 Å². The molecule has 0 amide bonds. The Morgan fingerprint density at radius 1 is 0.941 bits per heavy atom. The zero-order chi connectivity index (χ0) is 11.3. The van der Waals surface area contributed by atoms with Crippen LogP contribution in [-0.2, 0) is 14.2 Å². The molecule has 0 radical (unpaired) electrons. The maximum atomic E-state index is 5.72. The van der Waals surface area contributed by atoms with E-state index in [9.17, 15) is 0 Å². The molecule has 4 unspecified atom stereocenters. The van der Waals surface area contributed by atoms with Gasteiger partial charge in [-0.05, 0) is 50.4 Å². The molecule has 0 aromatic heterocycles. The number of fused-ring (bicyclic) bond motifs is 1. The summed E-state index contributed by atoms with van der Waals surface area (Å²) >= 11 is 0. The molecule has 3 heteroatoms. The fourth-order valence-corrected chi connectivity index (χ4v) is 3.57. The third-order valence-corrected chi connectivity index (χ3v) is 5.08. The van der Waals surface area contributed by atoms with Crippen molar-refractivity contribution in [3.8, 4) is 0 Å². The Kier molecular flexibility index (Phi) is 2.50. The van der Waals surface area contributed by atoms with Crippen LogP contribution in [0, 0.1) is 5.41 Å². The van der Waals surface area contributed by atoms with E-state index in [2.05, 4.69) is 0 Å². The van der Waals surface area contributed by atoms with Crippen molar-refractivity contribution in [1.29, 1.82) is 0 Å². The van der Waals surface area contributed by atoms with Gasteiger partial charge in [0.15, 0.2) is 0 Å². The largest absolute Gasteiger partial charge is 0.373 e. The maximum absolute atomic E-state index is 5.72. The van der Waals surface area contributed by atoms with Crippen molar-refractivity contribution in [2.75, 3.05) is 13.2 Å². The van der Waals surface area contributed by atoms with E-state index >= 15 is 0 Å². The van der Waals surface area contributed by atoms with Crippen LogP contribution < -0.4 is 0 Å². The molecule has 4 aliphatic rings. The zero-order valence-corrected chi connectivity index (χ0v) is 10.4. The third-order valence-electron chi connectivity index (χ3n) is 5.08. The van der Waals surface area contributed by atoms with Gasteiger partial charge >= 0.3 is 0 Å². The quantitative estimate of drug-likeness (QED) is 0.666. The van der Waals surface area contributed by atoms with Gasteiger partial charge in [-0.1, -0.05) is 0 Å². The highest BCUT2D eigenvalue weighted by atomic mass is 16.6. The van der Waals surface area contributed by atoms with E-state index < -0.39 is 0 Å². The van der Waals surface area contributed by atoms with Gasteiger partial charge in [-0.25, -0.2) is 0 Å². The first-order valence-corrected chi connectivity index (χ1v) is 7.22. The van der Waals surface area contributed by atoms with Crippen LogP contribution in [0.25, 0.3) is 0 Å². The lowest BCUT2D eigenvalue weighted by Crippen LogP contribution is -2.29. The first kappa shape index (κ1) is 10.8. The summed E-state index contributed by atoms with van der Waals surface area (Å²) in [5, 5.41) is 0. The molecule has 4 rings (SSSR count). The first-order valence-electron chi connectivity index (χ1n) is 7.22. The van der Waals surface area contributed by atoms with Gasteiger partial charge in [-0.3, -0.25) is 0 Å². The number of hydrogen-bond acceptors (Lipinski definition) is 3. The SMILES string of the molecule is C(CC1(CCC2CO2)CCC2OC2C1)C1CO1. The molecule has 4 fully saturated rings. The lowest BCUT2D eigenvalue weighted by atomic mass is 9.68. The standard InChI is InChI=1S/C14H22O3/c1(10-8-15-10)4-14(5-2-11-9-16-11)6-3-12-13(7-14)17-12/h10-13H,1-9H2. The number of epoxide rings is 3. The van der Waals surface area contributed by atoms with Crippen molar-refractivity contribution < 1.29 is 14.2 Å². The third kappa shape index (κ3) is 2.51. The fourth-order valence-electron chi connectivity index (χ4n) is 3.57. The van der Waals surface area contributed by atoms with Crippen molar-refractivity contribution in [2.45, 2.75) is 69.4 Å². The second kappa shape index (κ2) is 3.94. The Bertz CT molecular complexity index is 280. The van der Waals surface area contributed by atoms with Crippen molar-refractivity contribution in [2.24, 2.45) is 5.41 Å². The van der Waals surface area contributed by atoms with Gasteiger partial charge < -0.3 is 14.2 Å². The van der Waals surface area contributed by atoms with Crippen molar-refractivity contribution >= 4 is 0 Å². The molecule has 4 atom stereocenters. The zero-order valence-electron chi connectivity index (χ0n) is 10.4. The summed E-state index contributed by atoms with van der Waals surface area (Å²) in [5.74, 6) is 0. The van der Waals surface area contributed by atoms with Gasteiger partial charge in [-0.2, -0.15) is 0 Å². The molecule has 3 nitrogen and oxygen atoms in total. The number of rotatable bonds is 6. The molecular weight excluding hydrogens is 216 g/mol. The molecule has 1 saturated carbocycles. The van der Waals surface area contributed by atoms with Crippen LogP contribution >= 0.6 is 0 Å².